The number of carbonyl (C=O) groups is 1. The van der Waals surface area contributed by atoms with Crippen molar-refractivity contribution in [3.63, 3.8) is 0 Å². The van der Waals surface area contributed by atoms with Gasteiger partial charge in [0, 0.05) is 11.4 Å². The van der Waals surface area contributed by atoms with Crippen LogP contribution in [0.4, 0.5) is 11.4 Å². The lowest BCUT2D eigenvalue weighted by molar-refractivity contribution is 0.0696. The van der Waals surface area contributed by atoms with Crippen LogP contribution in [0.1, 0.15) is 15.9 Å². The van der Waals surface area contributed by atoms with E-state index in [4.69, 9.17) is 22.1 Å². The maximum Gasteiger partial charge on any atom is 0.336 e. The molecule has 6 heteroatoms. The number of ether oxygens (including phenoxy) is 1. The number of thiocarbonyl (C=S) groups is 1. The number of hydrogen-bond acceptors (Lipinski definition) is 3. The Labute approximate surface area is 133 Å². The zero-order valence-corrected chi connectivity index (χ0v) is 13.0. The third-order valence-electron chi connectivity index (χ3n) is 3.16. The summed E-state index contributed by atoms with van der Waals surface area (Å²) >= 11 is 5.25. The molecule has 5 nitrogen and oxygen atoms in total. The summed E-state index contributed by atoms with van der Waals surface area (Å²) in [5.41, 5.74) is 2.35. The van der Waals surface area contributed by atoms with Crippen LogP contribution in [0.5, 0.6) is 5.75 Å². The first-order valence-corrected chi connectivity index (χ1v) is 6.97. The second-order valence-corrected chi connectivity index (χ2v) is 5.00. The third kappa shape index (κ3) is 3.73. The summed E-state index contributed by atoms with van der Waals surface area (Å²) in [5.74, 6) is -0.204. The van der Waals surface area contributed by atoms with Crippen LogP contribution in [0.3, 0.4) is 0 Å². The molecule has 0 aliphatic rings. The highest BCUT2D eigenvalue weighted by atomic mass is 32.1. The topological polar surface area (TPSA) is 70.6 Å². The normalized spacial score (nSPS) is 9.91. The van der Waals surface area contributed by atoms with Crippen LogP contribution in [-0.2, 0) is 0 Å². The van der Waals surface area contributed by atoms with Gasteiger partial charge in [0.05, 0.1) is 12.7 Å². The Hall–Kier alpha value is -2.60. The highest BCUT2D eigenvalue weighted by molar-refractivity contribution is 7.80. The van der Waals surface area contributed by atoms with E-state index in [1.165, 1.54) is 0 Å². The van der Waals surface area contributed by atoms with Gasteiger partial charge < -0.3 is 20.5 Å². The molecule has 114 valence electrons. The molecule has 0 heterocycles. The van der Waals surface area contributed by atoms with Gasteiger partial charge in [-0.1, -0.05) is 6.07 Å². The molecule has 0 radical (unpaired) electrons. The summed E-state index contributed by atoms with van der Waals surface area (Å²) < 4.78 is 5.09. The highest BCUT2D eigenvalue weighted by Gasteiger charge is 2.10. The number of carboxylic acids is 1. The molecular formula is C16H16N2O3S. The molecule has 0 aromatic heterocycles. The zero-order chi connectivity index (χ0) is 16.1. The molecule has 0 aliphatic heterocycles. The molecule has 0 unspecified atom stereocenters. The van der Waals surface area contributed by atoms with Crippen LogP contribution in [0.15, 0.2) is 42.5 Å². The molecule has 0 saturated carbocycles. The second-order valence-electron chi connectivity index (χ2n) is 4.59. The van der Waals surface area contributed by atoms with Crippen LogP contribution in [-0.4, -0.2) is 23.3 Å². The third-order valence-corrected chi connectivity index (χ3v) is 3.36. The smallest absolute Gasteiger partial charge is 0.336 e. The van der Waals surface area contributed by atoms with Crippen LogP contribution >= 0.6 is 12.2 Å². The van der Waals surface area contributed by atoms with Crippen molar-refractivity contribution in [2.45, 2.75) is 6.92 Å². The number of nitrogens with one attached hydrogen (secondary N) is 2. The van der Waals surface area contributed by atoms with Gasteiger partial charge in [0.15, 0.2) is 5.11 Å². The van der Waals surface area contributed by atoms with Crippen LogP contribution < -0.4 is 15.4 Å². The second kappa shape index (κ2) is 6.91. The lowest BCUT2D eigenvalue weighted by Gasteiger charge is -2.14. The fourth-order valence-corrected chi connectivity index (χ4v) is 2.19. The number of rotatable bonds is 4. The Balaban J connectivity index is 2.08. The van der Waals surface area contributed by atoms with Crippen LogP contribution in [0, 0.1) is 6.92 Å². The van der Waals surface area contributed by atoms with Crippen molar-refractivity contribution in [2.24, 2.45) is 0 Å². The largest absolute Gasteiger partial charge is 0.497 e. The van der Waals surface area contributed by atoms with Crippen molar-refractivity contribution in [1.82, 2.24) is 0 Å². The molecule has 0 bridgehead atoms. The maximum atomic E-state index is 11.1. The van der Waals surface area contributed by atoms with E-state index in [0.29, 0.717) is 16.4 Å². The first-order chi connectivity index (χ1) is 10.5. The van der Waals surface area contributed by atoms with Crippen molar-refractivity contribution >= 4 is 34.7 Å². The summed E-state index contributed by atoms with van der Waals surface area (Å²) in [6.07, 6.45) is 0. The van der Waals surface area contributed by atoms with Gasteiger partial charge in [0.2, 0.25) is 0 Å². The Morgan fingerprint density at radius 3 is 2.41 bits per heavy atom. The monoisotopic (exact) mass is 316 g/mol. The van der Waals surface area contributed by atoms with E-state index in [9.17, 15) is 4.79 Å². The van der Waals surface area contributed by atoms with Crippen molar-refractivity contribution in [3.8, 4) is 5.75 Å². The Kier molecular flexibility index (Phi) is 4.95. The van der Waals surface area contributed by atoms with Crippen molar-refractivity contribution in [1.29, 1.82) is 0 Å². The minimum atomic E-state index is -0.963. The van der Waals surface area contributed by atoms with Crippen molar-refractivity contribution in [3.05, 3.63) is 53.6 Å². The van der Waals surface area contributed by atoms with Crippen LogP contribution in [0.2, 0.25) is 0 Å². The van der Waals surface area contributed by atoms with Gasteiger partial charge in [-0.3, -0.25) is 0 Å². The fraction of sp³-hybridized carbons (Fsp3) is 0.125. The molecule has 0 saturated heterocycles. The first-order valence-electron chi connectivity index (χ1n) is 6.56. The fourth-order valence-electron chi connectivity index (χ4n) is 1.96. The van der Waals surface area contributed by atoms with Crippen molar-refractivity contribution < 1.29 is 14.6 Å². The maximum absolute atomic E-state index is 11.1. The molecule has 22 heavy (non-hydrogen) atoms. The average molecular weight is 316 g/mol. The molecule has 3 N–H and O–H groups in total. The number of benzene rings is 2. The minimum Gasteiger partial charge on any atom is -0.497 e. The quantitative estimate of drug-likeness (QED) is 0.750. The summed E-state index contributed by atoms with van der Waals surface area (Å²) in [7, 11) is 1.60. The lowest BCUT2D eigenvalue weighted by Crippen LogP contribution is -2.20. The Morgan fingerprint density at radius 2 is 1.82 bits per heavy atom. The van der Waals surface area contributed by atoms with Crippen LogP contribution in [0.25, 0.3) is 0 Å². The highest BCUT2D eigenvalue weighted by Crippen LogP contribution is 2.20. The molecule has 0 fully saturated rings. The van der Waals surface area contributed by atoms with E-state index in [0.717, 1.165) is 11.4 Å². The van der Waals surface area contributed by atoms with E-state index < -0.39 is 5.97 Å². The van der Waals surface area contributed by atoms with Gasteiger partial charge in [-0.2, -0.15) is 0 Å². The van der Waals surface area contributed by atoms with E-state index >= 15 is 0 Å². The predicted octanol–water partition coefficient (Wildman–Crippen LogP) is 3.51. The van der Waals surface area contributed by atoms with Gasteiger partial charge >= 0.3 is 5.97 Å². The van der Waals surface area contributed by atoms with E-state index in [2.05, 4.69) is 10.6 Å². The SMILES string of the molecule is COc1ccc(NC(=S)Nc2cccc(C(=O)O)c2C)cc1. The van der Waals surface area contributed by atoms with Gasteiger partial charge in [-0.15, -0.1) is 0 Å². The number of anilines is 2. The van der Waals surface area contributed by atoms with Gasteiger partial charge in [-0.25, -0.2) is 4.79 Å². The minimum absolute atomic E-state index is 0.247. The Morgan fingerprint density at radius 1 is 1.14 bits per heavy atom. The molecule has 0 amide bonds. The zero-order valence-electron chi connectivity index (χ0n) is 12.2. The molecule has 2 aromatic rings. The standard InChI is InChI=1S/C16H16N2O3S/c1-10-13(15(19)20)4-3-5-14(10)18-16(22)17-11-6-8-12(21-2)9-7-11/h3-9H,1-2H3,(H,19,20)(H2,17,18,22). The first kappa shape index (κ1) is 15.8. The van der Waals surface area contributed by atoms with Gasteiger partial charge in [0.25, 0.3) is 0 Å². The predicted molar refractivity (Wildman–Crippen MR) is 91.0 cm³/mol. The number of carboxylic acid groups (broad SMARTS) is 1. The lowest BCUT2D eigenvalue weighted by atomic mass is 10.1. The Bertz CT molecular complexity index is 699. The van der Waals surface area contributed by atoms with E-state index in [1.54, 1.807) is 32.2 Å². The van der Waals surface area contributed by atoms with E-state index in [-0.39, 0.29) is 5.56 Å². The van der Waals surface area contributed by atoms with E-state index in [1.807, 2.05) is 24.3 Å². The molecule has 2 aromatic carbocycles. The number of aromatic carboxylic acids is 1. The summed E-state index contributed by atoms with van der Waals surface area (Å²) in [5, 5.41) is 15.5. The summed E-state index contributed by atoms with van der Waals surface area (Å²) in [6.45, 7) is 1.74. The summed E-state index contributed by atoms with van der Waals surface area (Å²) in [4.78, 5) is 11.1. The van der Waals surface area contributed by atoms with Gasteiger partial charge in [0.1, 0.15) is 5.75 Å². The molecule has 0 aliphatic carbocycles. The molecule has 0 spiro atoms. The molecule has 2 rings (SSSR count). The summed E-state index contributed by atoms with van der Waals surface area (Å²) in [6, 6.07) is 12.3. The average Bonchev–Trinajstić information content (AvgIpc) is 2.50. The molecular weight excluding hydrogens is 300 g/mol. The van der Waals surface area contributed by atoms with Gasteiger partial charge in [-0.05, 0) is 61.1 Å². The molecule has 0 atom stereocenters. The number of hydrogen-bond donors (Lipinski definition) is 3. The number of methoxy groups -OCH3 is 1. The van der Waals surface area contributed by atoms with Crippen molar-refractivity contribution in [2.75, 3.05) is 17.7 Å².